The smallest absolute Gasteiger partial charge is 0.313 e. The van der Waals surface area contributed by atoms with Crippen molar-refractivity contribution in [2.45, 2.75) is 66.3 Å². The third kappa shape index (κ3) is 7.67. The molecule has 10 nitrogen and oxygen atoms in total. The van der Waals surface area contributed by atoms with Gasteiger partial charge in [-0.05, 0) is 45.9 Å². The van der Waals surface area contributed by atoms with Crippen molar-refractivity contribution in [2.24, 2.45) is 5.41 Å². The normalized spacial score (nSPS) is 18.0. The van der Waals surface area contributed by atoms with E-state index in [1.807, 2.05) is 0 Å². The van der Waals surface area contributed by atoms with Gasteiger partial charge in [0.1, 0.15) is 24.6 Å². The second-order valence-corrected chi connectivity index (χ2v) is 15.3. The zero-order valence-electron chi connectivity index (χ0n) is 26.3. The minimum absolute atomic E-state index is 0.0757. The first kappa shape index (κ1) is 35.3. The molecule has 1 aliphatic heterocycles. The van der Waals surface area contributed by atoms with E-state index in [4.69, 9.17) is 20.9 Å². The van der Waals surface area contributed by atoms with Gasteiger partial charge in [-0.15, -0.1) is 0 Å². The lowest BCUT2D eigenvalue weighted by Crippen LogP contribution is -2.46. The largest absolute Gasteiger partial charge is 0.438 e. The van der Waals surface area contributed by atoms with Gasteiger partial charge in [-0.1, -0.05) is 36.7 Å². The number of esters is 1. The van der Waals surface area contributed by atoms with Gasteiger partial charge in [-0.3, -0.25) is 28.3 Å². The Balaban J connectivity index is 1.57. The molecule has 0 bridgehead atoms. The Morgan fingerprint density at radius 1 is 1.15 bits per heavy atom. The highest BCUT2D eigenvalue weighted by Gasteiger charge is 2.40. The second kappa shape index (κ2) is 14.0. The van der Waals surface area contributed by atoms with Crippen LogP contribution < -0.4 is 10.6 Å². The summed E-state index contributed by atoms with van der Waals surface area (Å²) in [6.07, 6.45) is -0.130. The van der Waals surface area contributed by atoms with E-state index < -0.39 is 55.4 Å². The van der Waals surface area contributed by atoms with Crippen molar-refractivity contribution in [2.75, 3.05) is 19.5 Å². The van der Waals surface area contributed by atoms with Crippen LogP contribution in [-0.2, 0) is 41.3 Å². The van der Waals surface area contributed by atoms with Crippen molar-refractivity contribution >= 4 is 58.7 Å². The number of hydrogen-bond acceptors (Lipinski definition) is 7. The van der Waals surface area contributed by atoms with Crippen molar-refractivity contribution in [3.8, 4) is 0 Å². The molecule has 0 spiro atoms. The fraction of sp³-hybridized carbons (Fsp3) is 0.438. The molecule has 46 heavy (non-hydrogen) atoms. The SMILES string of the molecule is CCP(=O)(OCOC(=O)C(C)(C)C)c1ccc2c(C(C)=O)cn(CC(=O)N3C[C@H](F)C[C@H]3C(=O)NCc3cccc(Cl)c3F)c2c1. The average molecular weight is 680 g/mol. The Labute approximate surface area is 270 Å². The summed E-state index contributed by atoms with van der Waals surface area (Å²) in [7, 11) is -3.53. The molecule has 2 heterocycles. The maximum Gasteiger partial charge on any atom is 0.313 e. The number of carbonyl (C=O) groups excluding carboxylic acids is 4. The van der Waals surface area contributed by atoms with Crippen LogP contribution in [0.2, 0.25) is 5.02 Å². The van der Waals surface area contributed by atoms with Crippen molar-refractivity contribution in [3.63, 3.8) is 0 Å². The van der Waals surface area contributed by atoms with Crippen LogP contribution in [0.25, 0.3) is 10.9 Å². The predicted octanol–water partition coefficient (Wildman–Crippen LogP) is 5.38. The third-order valence-electron chi connectivity index (χ3n) is 7.78. The summed E-state index contributed by atoms with van der Waals surface area (Å²) < 4.78 is 55.0. The zero-order valence-corrected chi connectivity index (χ0v) is 27.9. The number of rotatable bonds is 11. The molecule has 4 rings (SSSR count). The van der Waals surface area contributed by atoms with Crippen LogP contribution in [0, 0.1) is 11.2 Å². The van der Waals surface area contributed by atoms with Crippen molar-refractivity contribution in [1.82, 2.24) is 14.8 Å². The Morgan fingerprint density at radius 3 is 2.52 bits per heavy atom. The molecule has 1 aliphatic rings. The molecular weight excluding hydrogens is 643 g/mol. The standard InChI is InChI=1S/C32H37ClF2N3O7P/c1-6-46(43,45-18-44-31(42)32(3,4)5)22-10-11-23-24(19(2)39)16-37(26(23)13-22)17-28(40)38-15-21(34)12-27(38)30(41)36-14-20-8-7-9-25(33)29(20)35/h7-11,13,16,21,27H,6,12,14-15,17-18H2,1-5H3,(H,36,41)/t21-,27+,46?/m1/s1. The van der Waals surface area contributed by atoms with E-state index in [1.165, 1.54) is 35.9 Å². The van der Waals surface area contributed by atoms with E-state index in [9.17, 15) is 32.5 Å². The summed E-state index contributed by atoms with van der Waals surface area (Å²) in [6.45, 7) is 6.66. The first-order valence-electron chi connectivity index (χ1n) is 14.7. The third-order valence-corrected chi connectivity index (χ3v) is 10.5. The molecular formula is C32H37ClF2N3O7P. The topological polar surface area (TPSA) is 124 Å². The van der Waals surface area contributed by atoms with E-state index in [0.29, 0.717) is 16.5 Å². The van der Waals surface area contributed by atoms with Crippen LogP contribution in [0.4, 0.5) is 8.78 Å². The number of aromatic nitrogens is 1. The van der Waals surface area contributed by atoms with Crippen LogP contribution in [0.3, 0.4) is 0 Å². The van der Waals surface area contributed by atoms with Gasteiger partial charge in [0.2, 0.25) is 19.2 Å². The molecule has 248 valence electrons. The number of alkyl halides is 1. The number of nitrogens with one attached hydrogen (secondary N) is 1. The van der Waals surface area contributed by atoms with Gasteiger partial charge >= 0.3 is 5.97 Å². The number of ketones is 1. The van der Waals surface area contributed by atoms with Gasteiger partial charge in [0.05, 0.1) is 22.5 Å². The number of fused-ring (bicyclic) bond motifs is 1. The van der Waals surface area contributed by atoms with Crippen molar-refractivity contribution < 1.29 is 41.8 Å². The monoisotopic (exact) mass is 679 g/mol. The van der Waals surface area contributed by atoms with E-state index in [0.717, 1.165) is 4.90 Å². The molecule has 2 amide bonds. The lowest BCUT2D eigenvalue weighted by molar-refractivity contribution is -0.159. The zero-order chi connectivity index (χ0) is 34.0. The summed E-state index contributed by atoms with van der Waals surface area (Å²) in [5.41, 5.74) is 0.0673. The van der Waals surface area contributed by atoms with Crippen LogP contribution in [-0.4, -0.2) is 64.7 Å². The Kier molecular flexibility index (Phi) is 10.8. The lowest BCUT2D eigenvalue weighted by atomic mass is 9.98. The number of nitrogens with zero attached hydrogens (tertiary/aromatic N) is 2. The van der Waals surface area contributed by atoms with Crippen LogP contribution >= 0.6 is 19.0 Å². The molecule has 1 unspecified atom stereocenters. The molecule has 3 aromatic rings. The van der Waals surface area contributed by atoms with Crippen LogP contribution in [0.5, 0.6) is 0 Å². The Hall–Kier alpha value is -3.60. The summed E-state index contributed by atoms with van der Waals surface area (Å²) in [6, 6.07) is 7.94. The molecule has 1 N–H and O–H groups in total. The average Bonchev–Trinajstić information content (AvgIpc) is 3.57. The molecule has 1 fully saturated rings. The van der Waals surface area contributed by atoms with Gasteiger partial charge < -0.3 is 19.5 Å². The second-order valence-electron chi connectivity index (χ2n) is 12.2. The van der Waals surface area contributed by atoms with E-state index in [2.05, 4.69) is 5.32 Å². The van der Waals surface area contributed by atoms with Gasteiger partial charge in [0, 0.05) is 47.1 Å². The molecule has 1 saturated heterocycles. The highest BCUT2D eigenvalue weighted by atomic mass is 35.5. The lowest BCUT2D eigenvalue weighted by Gasteiger charge is -2.24. The fourth-order valence-electron chi connectivity index (χ4n) is 5.16. The minimum atomic E-state index is -3.53. The molecule has 0 radical (unpaired) electrons. The van der Waals surface area contributed by atoms with Gasteiger partial charge in [0.25, 0.3) is 0 Å². The maximum atomic E-state index is 14.6. The summed E-state index contributed by atoms with van der Waals surface area (Å²) in [5.74, 6) is -2.72. The Bertz CT molecular complexity index is 1720. The maximum absolute atomic E-state index is 14.6. The number of amides is 2. The van der Waals surface area contributed by atoms with E-state index in [1.54, 1.807) is 45.9 Å². The van der Waals surface area contributed by atoms with Crippen molar-refractivity contribution in [3.05, 3.63) is 64.6 Å². The number of benzene rings is 2. The number of ether oxygens (including phenoxy) is 1. The van der Waals surface area contributed by atoms with E-state index in [-0.39, 0.29) is 53.9 Å². The van der Waals surface area contributed by atoms with Gasteiger partial charge in [0.15, 0.2) is 12.6 Å². The minimum Gasteiger partial charge on any atom is -0.438 e. The van der Waals surface area contributed by atoms with Crippen LogP contribution in [0.1, 0.15) is 57.0 Å². The molecule has 0 aliphatic carbocycles. The van der Waals surface area contributed by atoms with Crippen molar-refractivity contribution in [1.29, 1.82) is 0 Å². The van der Waals surface area contributed by atoms with E-state index >= 15 is 0 Å². The Morgan fingerprint density at radius 2 is 1.87 bits per heavy atom. The molecule has 3 atom stereocenters. The summed E-state index contributed by atoms with van der Waals surface area (Å²) in [4.78, 5) is 52.4. The number of carbonyl (C=O) groups is 4. The molecule has 1 aromatic heterocycles. The quantitative estimate of drug-likeness (QED) is 0.125. The van der Waals surface area contributed by atoms with Gasteiger partial charge in [-0.2, -0.15) is 0 Å². The molecule has 0 saturated carbocycles. The van der Waals surface area contributed by atoms with Crippen LogP contribution in [0.15, 0.2) is 42.6 Å². The molecule has 2 aromatic carbocycles. The predicted molar refractivity (Wildman–Crippen MR) is 169 cm³/mol. The summed E-state index contributed by atoms with van der Waals surface area (Å²) >= 11 is 5.82. The number of Topliss-reactive ketones (excluding diaryl/α,β-unsaturated/α-hetero) is 1. The number of likely N-dealkylation sites (tertiary alicyclic amines) is 1. The summed E-state index contributed by atoms with van der Waals surface area (Å²) in [5, 5.41) is 3.24. The molecule has 14 heteroatoms. The highest BCUT2D eigenvalue weighted by Crippen LogP contribution is 2.46. The number of halogens is 3. The first-order valence-corrected chi connectivity index (χ1v) is 16.9. The van der Waals surface area contributed by atoms with Gasteiger partial charge in [-0.25, -0.2) is 8.78 Å². The highest BCUT2D eigenvalue weighted by molar-refractivity contribution is 7.66. The fourth-order valence-corrected chi connectivity index (χ4v) is 6.90. The number of hydrogen-bond donors (Lipinski definition) is 1. The first-order chi connectivity index (χ1) is 21.6.